The monoisotopic (exact) mass is 433 g/mol. The quantitative estimate of drug-likeness (QED) is 0.661. The Labute approximate surface area is 186 Å². The van der Waals surface area contributed by atoms with Crippen molar-refractivity contribution in [1.82, 2.24) is 14.3 Å². The van der Waals surface area contributed by atoms with Crippen LogP contribution in [0.25, 0.3) is 22.4 Å². The average Bonchev–Trinajstić information content (AvgIpc) is 3.41. The van der Waals surface area contributed by atoms with Crippen LogP contribution in [0.4, 0.5) is 0 Å². The van der Waals surface area contributed by atoms with Gasteiger partial charge in [-0.3, -0.25) is 9.48 Å². The lowest BCUT2D eigenvalue weighted by atomic mass is 9.82. The Morgan fingerprint density at radius 2 is 2.00 bits per heavy atom. The van der Waals surface area contributed by atoms with Gasteiger partial charge in [0.1, 0.15) is 11.3 Å². The van der Waals surface area contributed by atoms with Gasteiger partial charge in [0.05, 0.1) is 18.5 Å². The van der Waals surface area contributed by atoms with Gasteiger partial charge in [-0.15, -0.1) is 0 Å². The van der Waals surface area contributed by atoms with E-state index in [0.29, 0.717) is 6.61 Å². The molecule has 0 radical (unpaired) electrons. The van der Waals surface area contributed by atoms with Gasteiger partial charge in [0.15, 0.2) is 5.43 Å². The van der Waals surface area contributed by atoms with Crippen LogP contribution in [-0.4, -0.2) is 32.0 Å². The second kappa shape index (κ2) is 7.36. The summed E-state index contributed by atoms with van der Waals surface area (Å²) in [5.41, 5.74) is 5.46. The lowest BCUT2D eigenvalue weighted by molar-refractivity contribution is 0.0694. The van der Waals surface area contributed by atoms with Crippen molar-refractivity contribution < 1.29 is 14.6 Å². The first kappa shape index (κ1) is 20.5. The number of carboxylic acids is 1. The van der Waals surface area contributed by atoms with Crippen molar-refractivity contribution >= 4 is 5.97 Å². The first-order chi connectivity index (χ1) is 15.3. The summed E-state index contributed by atoms with van der Waals surface area (Å²) in [6.07, 6.45) is 6.97. The first-order valence-corrected chi connectivity index (χ1v) is 11.1. The second-order valence-corrected chi connectivity index (χ2v) is 9.33. The van der Waals surface area contributed by atoms with Crippen molar-refractivity contribution in [2.75, 3.05) is 6.61 Å². The summed E-state index contributed by atoms with van der Waals surface area (Å²) in [5.74, 6) is -0.0799. The molecule has 2 aliphatic rings. The number of carbonyl (C=O) groups is 1. The summed E-state index contributed by atoms with van der Waals surface area (Å²) in [7, 11) is 0. The molecule has 0 amide bonds. The fourth-order valence-corrected chi connectivity index (χ4v) is 4.96. The Morgan fingerprint density at radius 3 is 2.66 bits per heavy atom. The topological polar surface area (TPSA) is 86.4 Å². The van der Waals surface area contributed by atoms with E-state index in [2.05, 4.69) is 45.1 Å². The number of aromatic nitrogens is 3. The summed E-state index contributed by atoms with van der Waals surface area (Å²) in [5, 5.41) is 14.0. The van der Waals surface area contributed by atoms with Crippen LogP contribution in [0, 0.1) is 5.92 Å². The number of aromatic carboxylic acids is 1. The molecule has 4 heterocycles. The third-order valence-electron chi connectivity index (χ3n) is 6.62. The minimum Gasteiger partial charge on any atom is -0.492 e. The molecule has 7 heteroatoms. The van der Waals surface area contributed by atoms with E-state index in [9.17, 15) is 14.7 Å². The molecule has 1 aromatic carbocycles. The second-order valence-electron chi connectivity index (χ2n) is 9.33. The van der Waals surface area contributed by atoms with Crippen molar-refractivity contribution in [2.45, 2.75) is 52.6 Å². The van der Waals surface area contributed by atoms with E-state index in [1.807, 2.05) is 15.4 Å². The number of hydrogen-bond acceptors (Lipinski definition) is 4. The van der Waals surface area contributed by atoms with Gasteiger partial charge in [0.25, 0.3) is 0 Å². The Morgan fingerprint density at radius 1 is 1.22 bits per heavy atom. The summed E-state index contributed by atoms with van der Waals surface area (Å²) < 4.78 is 10.0. The molecule has 0 fully saturated rings. The van der Waals surface area contributed by atoms with E-state index < -0.39 is 11.4 Å². The lowest BCUT2D eigenvalue weighted by Gasteiger charge is -2.34. The smallest absolute Gasteiger partial charge is 0.341 e. The molecule has 3 aromatic rings. The maximum absolute atomic E-state index is 12.6. The largest absolute Gasteiger partial charge is 0.492 e. The maximum Gasteiger partial charge on any atom is 0.341 e. The van der Waals surface area contributed by atoms with Crippen molar-refractivity contribution in [3.8, 4) is 28.1 Å². The third-order valence-corrected chi connectivity index (χ3v) is 6.62. The minimum absolute atomic E-state index is 0.0582. The zero-order chi connectivity index (χ0) is 22.7. The Bertz CT molecular complexity index is 1300. The first-order valence-electron chi connectivity index (χ1n) is 11.1. The Balaban J connectivity index is 1.77. The highest BCUT2D eigenvalue weighted by Gasteiger charge is 2.33. The van der Waals surface area contributed by atoms with E-state index in [1.54, 1.807) is 0 Å². The number of benzene rings is 1. The van der Waals surface area contributed by atoms with E-state index >= 15 is 0 Å². The number of fused-ring (bicyclic) bond motifs is 5. The molecule has 32 heavy (non-hydrogen) atoms. The van der Waals surface area contributed by atoms with Crippen LogP contribution >= 0.6 is 0 Å². The summed E-state index contributed by atoms with van der Waals surface area (Å²) in [6.45, 7) is 9.03. The van der Waals surface area contributed by atoms with E-state index in [4.69, 9.17) is 4.74 Å². The average molecular weight is 434 g/mol. The highest BCUT2D eigenvalue weighted by Crippen LogP contribution is 2.48. The Kier molecular flexibility index (Phi) is 4.73. The van der Waals surface area contributed by atoms with Crippen molar-refractivity contribution in [3.05, 3.63) is 57.6 Å². The van der Waals surface area contributed by atoms with Crippen LogP contribution in [-0.2, 0) is 12.8 Å². The zero-order valence-electron chi connectivity index (χ0n) is 18.8. The van der Waals surface area contributed by atoms with E-state index in [0.717, 1.165) is 46.5 Å². The molecule has 5 rings (SSSR count). The van der Waals surface area contributed by atoms with Gasteiger partial charge in [-0.1, -0.05) is 13.8 Å². The zero-order valence-corrected chi connectivity index (χ0v) is 18.8. The van der Waals surface area contributed by atoms with Crippen LogP contribution in [0.5, 0.6) is 5.75 Å². The van der Waals surface area contributed by atoms with Crippen LogP contribution < -0.4 is 10.2 Å². The molecule has 7 nitrogen and oxygen atoms in total. The standard InChI is InChI=1S/C25H27N3O4/c1-13(2)20-8-15-7-18(16-10-26-28(11-16)14(3)4)24-17(5-6-32-24)23(15)21-9-22(29)19(25(30)31)12-27(20)21/h7,9-14,20H,5-6,8H2,1-4H3,(H,30,31)/t20-/m1/s1. The van der Waals surface area contributed by atoms with Crippen molar-refractivity contribution in [1.29, 1.82) is 0 Å². The van der Waals surface area contributed by atoms with Gasteiger partial charge in [-0.05, 0) is 37.8 Å². The van der Waals surface area contributed by atoms with Crippen LogP contribution in [0.15, 0.2) is 35.5 Å². The van der Waals surface area contributed by atoms with Crippen LogP contribution in [0.1, 0.15) is 61.3 Å². The third kappa shape index (κ3) is 3.06. The van der Waals surface area contributed by atoms with Gasteiger partial charge in [-0.2, -0.15) is 5.10 Å². The highest BCUT2D eigenvalue weighted by atomic mass is 16.5. The fraction of sp³-hybridized carbons (Fsp3) is 0.400. The van der Waals surface area contributed by atoms with E-state index in [1.165, 1.54) is 17.8 Å². The predicted molar refractivity (Wildman–Crippen MR) is 121 cm³/mol. The molecular weight excluding hydrogens is 406 g/mol. The molecule has 0 bridgehead atoms. The van der Waals surface area contributed by atoms with Gasteiger partial charge in [0, 0.05) is 59.2 Å². The number of ether oxygens (including phenoxy) is 1. The van der Waals surface area contributed by atoms with Crippen molar-refractivity contribution in [3.63, 3.8) is 0 Å². The van der Waals surface area contributed by atoms with Crippen LogP contribution in [0.3, 0.4) is 0 Å². The molecule has 0 unspecified atom stereocenters. The molecule has 2 aliphatic heterocycles. The molecule has 0 saturated carbocycles. The van der Waals surface area contributed by atoms with Crippen LogP contribution in [0.2, 0.25) is 0 Å². The van der Waals surface area contributed by atoms with Gasteiger partial charge in [-0.25, -0.2) is 4.79 Å². The Hall–Kier alpha value is -3.35. The minimum atomic E-state index is -1.19. The van der Waals surface area contributed by atoms with Crippen molar-refractivity contribution in [2.24, 2.45) is 5.92 Å². The van der Waals surface area contributed by atoms with E-state index in [-0.39, 0.29) is 23.6 Å². The number of rotatable bonds is 4. The molecule has 166 valence electrons. The number of hydrogen-bond donors (Lipinski definition) is 1. The number of nitrogens with zero attached hydrogens (tertiary/aromatic N) is 3. The molecular formula is C25H27N3O4. The molecule has 1 N–H and O–H groups in total. The molecule has 0 spiro atoms. The summed E-state index contributed by atoms with van der Waals surface area (Å²) in [4.78, 5) is 24.3. The molecule has 1 atom stereocenters. The maximum atomic E-state index is 12.6. The normalized spacial score (nSPS) is 16.6. The summed E-state index contributed by atoms with van der Waals surface area (Å²) >= 11 is 0. The highest BCUT2D eigenvalue weighted by molar-refractivity contribution is 5.88. The summed E-state index contributed by atoms with van der Waals surface area (Å²) in [6, 6.07) is 3.99. The SMILES string of the molecule is CC(C)[C@H]1Cc2cc(-c3cnn(C(C)C)c3)c3c(c2-c2cc(=O)c(C(=O)O)cn21)CCO3. The molecule has 2 aromatic heterocycles. The molecule has 0 saturated heterocycles. The van der Waals surface area contributed by atoms with Gasteiger partial charge in [0.2, 0.25) is 0 Å². The van der Waals surface area contributed by atoms with Gasteiger partial charge >= 0.3 is 5.97 Å². The predicted octanol–water partition coefficient (Wildman–Crippen LogP) is 4.35. The fourth-order valence-electron chi connectivity index (χ4n) is 4.96. The van der Waals surface area contributed by atoms with Gasteiger partial charge < -0.3 is 14.4 Å². The lowest BCUT2D eigenvalue weighted by Crippen LogP contribution is -2.28. The number of carboxylic acid groups (broad SMARTS) is 1. The molecule has 0 aliphatic carbocycles. The number of pyridine rings is 1.